The summed E-state index contributed by atoms with van der Waals surface area (Å²) in [5.74, 6) is -0.140. The molecule has 1 aliphatic heterocycles. The number of aryl methyl sites for hydroxylation is 1. The van der Waals surface area contributed by atoms with E-state index in [0.29, 0.717) is 17.0 Å². The van der Waals surface area contributed by atoms with Crippen molar-refractivity contribution in [2.24, 2.45) is 5.10 Å². The Bertz CT molecular complexity index is 1220. The fourth-order valence-corrected chi connectivity index (χ4v) is 4.77. The van der Waals surface area contributed by atoms with E-state index < -0.39 is 10.0 Å². The molecule has 4 rings (SSSR count). The molecule has 0 aliphatic carbocycles. The molecule has 0 fully saturated rings. The van der Waals surface area contributed by atoms with Gasteiger partial charge >= 0.3 is 0 Å². The summed E-state index contributed by atoms with van der Waals surface area (Å²) >= 11 is 1.39. The maximum atomic E-state index is 13.2. The first kappa shape index (κ1) is 20.3. The molecule has 2 heterocycles. The van der Waals surface area contributed by atoms with Crippen molar-refractivity contribution in [2.75, 3.05) is 11.0 Å². The van der Waals surface area contributed by atoms with Crippen molar-refractivity contribution >= 4 is 38.7 Å². The van der Waals surface area contributed by atoms with Crippen molar-refractivity contribution in [2.45, 2.75) is 19.4 Å². The summed E-state index contributed by atoms with van der Waals surface area (Å²) < 4.78 is 25.7. The molecule has 0 radical (unpaired) electrons. The van der Waals surface area contributed by atoms with E-state index in [0.717, 1.165) is 28.7 Å². The number of hydrogen-bond donors (Lipinski definition) is 1. The monoisotopic (exact) mass is 439 g/mol. The third-order valence-electron chi connectivity index (χ3n) is 4.90. The van der Waals surface area contributed by atoms with Gasteiger partial charge in [-0.25, -0.2) is 13.4 Å². The van der Waals surface area contributed by atoms with E-state index in [-0.39, 0.29) is 11.9 Å². The number of hydrazone groups is 1. The number of benzene rings is 2. The number of thiophene rings is 1. The van der Waals surface area contributed by atoms with Crippen molar-refractivity contribution in [3.63, 3.8) is 0 Å². The van der Waals surface area contributed by atoms with Crippen LogP contribution in [-0.2, 0) is 10.0 Å². The number of amides is 1. The van der Waals surface area contributed by atoms with Crippen molar-refractivity contribution < 1.29 is 13.2 Å². The molecule has 1 amide bonds. The van der Waals surface area contributed by atoms with Gasteiger partial charge in [-0.15, -0.1) is 11.3 Å². The molecule has 1 N–H and O–H groups in total. The van der Waals surface area contributed by atoms with Crippen LogP contribution in [0.4, 0.5) is 5.69 Å². The zero-order chi connectivity index (χ0) is 21.3. The van der Waals surface area contributed by atoms with Gasteiger partial charge in [-0.1, -0.05) is 42.5 Å². The highest BCUT2D eigenvalue weighted by Gasteiger charge is 2.34. The second kappa shape index (κ2) is 8.04. The molecule has 0 saturated carbocycles. The van der Waals surface area contributed by atoms with Gasteiger partial charge in [0.05, 0.1) is 22.9 Å². The molecule has 154 valence electrons. The predicted octanol–water partition coefficient (Wildman–Crippen LogP) is 4.42. The van der Waals surface area contributed by atoms with Crippen LogP contribution in [0, 0.1) is 6.92 Å². The SMILES string of the molecule is Cc1ccccc1C1CC(c2cccc(NS(C)(=O)=O)c2)=NN1C(=O)c1cccs1. The van der Waals surface area contributed by atoms with Gasteiger partial charge in [0.2, 0.25) is 10.0 Å². The number of anilines is 1. The van der Waals surface area contributed by atoms with Crippen LogP contribution in [0.15, 0.2) is 71.1 Å². The number of nitrogens with one attached hydrogen (secondary N) is 1. The average Bonchev–Trinajstić information content (AvgIpc) is 3.37. The van der Waals surface area contributed by atoms with Crippen LogP contribution in [0.3, 0.4) is 0 Å². The van der Waals surface area contributed by atoms with E-state index in [1.54, 1.807) is 29.3 Å². The molecular formula is C22H21N3O3S2. The lowest BCUT2D eigenvalue weighted by Gasteiger charge is -2.23. The Kier molecular flexibility index (Phi) is 5.44. The fraction of sp³-hybridized carbons (Fsp3) is 0.182. The minimum Gasteiger partial charge on any atom is -0.284 e. The molecule has 2 aromatic carbocycles. The Balaban J connectivity index is 1.73. The molecule has 8 heteroatoms. The van der Waals surface area contributed by atoms with E-state index in [4.69, 9.17) is 0 Å². The van der Waals surface area contributed by atoms with E-state index >= 15 is 0 Å². The lowest BCUT2D eigenvalue weighted by Crippen LogP contribution is -2.26. The summed E-state index contributed by atoms with van der Waals surface area (Å²) in [6, 6.07) is 18.5. The highest BCUT2D eigenvalue weighted by Crippen LogP contribution is 2.36. The maximum absolute atomic E-state index is 13.2. The van der Waals surface area contributed by atoms with E-state index in [9.17, 15) is 13.2 Å². The topological polar surface area (TPSA) is 78.8 Å². The molecule has 1 aromatic heterocycles. The molecule has 30 heavy (non-hydrogen) atoms. The number of carbonyl (C=O) groups is 1. The van der Waals surface area contributed by atoms with Crippen LogP contribution in [0.5, 0.6) is 0 Å². The van der Waals surface area contributed by atoms with Crippen LogP contribution >= 0.6 is 11.3 Å². The first-order chi connectivity index (χ1) is 14.3. The largest absolute Gasteiger partial charge is 0.284 e. The van der Waals surface area contributed by atoms with Gasteiger partial charge in [-0.2, -0.15) is 5.10 Å². The fourth-order valence-electron chi connectivity index (χ4n) is 3.56. The molecule has 1 atom stereocenters. The zero-order valence-corrected chi connectivity index (χ0v) is 18.2. The van der Waals surface area contributed by atoms with E-state index in [1.165, 1.54) is 11.3 Å². The van der Waals surface area contributed by atoms with E-state index in [1.807, 2.05) is 48.7 Å². The second-order valence-corrected chi connectivity index (χ2v) is 9.90. The normalized spacial score (nSPS) is 16.4. The minimum absolute atomic E-state index is 0.140. The van der Waals surface area contributed by atoms with Crippen molar-refractivity contribution in [3.05, 3.63) is 87.6 Å². The molecule has 1 unspecified atom stereocenters. The molecule has 3 aromatic rings. The van der Waals surface area contributed by atoms with Crippen LogP contribution in [0.1, 0.15) is 38.8 Å². The van der Waals surface area contributed by atoms with Crippen molar-refractivity contribution in [1.82, 2.24) is 5.01 Å². The lowest BCUT2D eigenvalue weighted by atomic mass is 9.95. The molecule has 0 saturated heterocycles. The Morgan fingerprint density at radius 3 is 2.63 bits per heavy atom. The highest BCUT2D eigenvalue weighted by atomic mass is 32.2. The molecular weight excluding hydrogens is 418 g/mol. The second-order valence-electron chi connectivity index (χ2n) is 7.21. The minimum atomic E-state index is -3.38. The number of sulfonamides is 1. The average molecular weight is 440 g/mol. The van der Waals surface area contributed by atoms with E-state index in [2.05, 4.69) is 9.82 Å². The molecule has 0 spiro atoms. The molecule has 1 aliphatic rings. The van der Waals surface area contributed by atoms with Crippen LogP contribution in [0.25, 0.3) is 0 Å². The van der Waals surface area contributed by atoms with Gasteiger partial charge in [0.25, 0.3) is 5.91 Å². The van der Waals surface area contributed by atoms with Crippen molar-refractivity contribution in [3.8, 4) is 0 Å². The third-order valence-corrected chi connectivity index (χ3v) is 6.36. The van der Waals surface area contributed by atoms with Crippen LogP contribution in [-0.4, -0.2) is 31.3 Å². The Morgan fingerprint density at radius 2 is 1.93 bits per heavy atom. The van der Waals surface area contributed by atoms with Gasteiger partial charge < -0.3 is 0 Å². The summed E-state index contributed by atoms with van der Waals surface area (Å²) in [5, 5.41) is 8.11. The van der Waals surface area contributed by atoms with Gasteiger partial charge in [0.1, 0.15) is 0 Å². The quantitative estimate of drug-likeness (QED) is 0.639. The molecule has 6 nitrogen and oxygen atoms in total. The van der Waals surface area contributed by atoms with Gasteiger partial charge in [0.15, 0.2) is 0 Å². The summed E-state index contributed by atoms with van der Waals surface area (Å²) in [4.78, 5) is 13.8. The summed E-state index contributed by atoms with van der Waals surface area (Å²) in [5.41, 5.74) is 4.13. The zero-order valence-electron chi connectivity index (χ0n) is 16.6. The number of nitrogens with zero attached hydrogens (tertiary/aromatic N) is 2. The van der Waals surface area contributed by atoms with Crippen molar-refractivity contribution in [1.29, 1.82) is 0 Å². The Hall–Kier alpha value is -2.97. The number of carbonyl (C=O) groups excluding carboxylic acids is 1. The summed E-state index contributed by atoms with van der Waals surface area (Å²) in [6.07, 6.45) is 1.66. The maximum Gasteiger partial charge on any atom is 0.284 e. The Morgan fingerprint density at radius 1 is 1.13 bits per heavy atom. The van der Waals surface area contributed by atoms with Gasteiger partial charge in [-0.3, -0.25) is 9.52 Å². The number of hydrogen-bond acceptors (Lipinski definition) is 5. The van der Waals surface area contributed by atoms with Gasteiger partial charge in [0, 0.05) is 12.1 Å². The van der Waals surface area contributed by atoms with Crippen LogP contribution < -0.4 is 4.72 Å². The first-order valence-electron chi connectivity index (χ1n) is 9.40. The van der Waals surface area contributed by atoms with Crippen LogP contribution in [0.2, 0.25) is 0 Å². The Labute approximate surface area is 179 Å². The number of rotatable bonds is 5. The first-order valence-corrected chi connectivity index (χ1v) is 12.2. The summed E-state index contributed by atoms with van der Waals surface area (Å²) in [6.45, 7) is 2.03. The highest BCUT2D eigenvalue weighted by molar-refractivity contribution is 7.92. The smallest absolute Gasteiger partial charge is 0.284 e. The predicted molar refractivity (Wildman–Crippen MR) is 120 cm³/mol. The summed E-state index contributed by atoms with van der Waals surface area (Å²) in [7, 11) is -3.38. The van der Waals surface area contributed by atoms with Gasteiger partial charge in [-0.05, 0) is 47.2 Å². The standard InChI is InChI=1S/C22H21N3O3S2/c1-15-7-3-4-10-18(15)20-14-19(23-25(20)22(26)21-11-6-12-29-21)16-8-5-9-17(13-16)24-30(2,27)28/h3-13,20,24H,14H2,1-2H3. The third kappa shape index (κ3) is 4.29. The molecule has 0 bridgehead atoms. The lowest BCUT2D eigenvalue weighted by molar-refractivity contribution is 0.0716.